The molecule has 1 aromatic heterocycles. The van der Waals surface area contributed by atoms with Gasteiger partial charge in [0.05, 0.1) is 11.4 Å². The van der Waals surface area contributed by atoms with E-state index in [1.165, 1.54) is 0 Å². The minimum atomic E-state index is -0.129. The van der Waals surface area contributed by atoms with Crippen molar-refractivity contribution >= 4 is 23.5 Å². The lowest BCUT2D eigenvalue weighted by molar-refractivity contribution is -0.134. The summed E-state index contributed by atoms with van der Waals surface area (Å²) in [4.78, 5) is 33.6. The molecule has 3 heterocycles. The number of rotatable bonds is 7. The molecule has 2 saturated heterocycles. The van der Waals surface area contributed by atoms with Crippen molar-refractivity contribution in [2.75, 3.05) is 38.5 Å². The van der Waals surface area contributed by atoms with E-state index in [2.05, 4.69) is 15.2 Å². The van der Waals surface area contributed by atoms with Gasteiger partial charge in [0.15, 0.2) is 5.78 Å². The highest BCUT2D eigenvalue weighted by Gasteiger charge is 2.34. The first-order valence-electron chi connectivity index (χ1n) is 10.6. The van der Waals surface area contributed by atoms with Crippen molar-refractivity contribution < 1.29 is 9.59 Å². The molecule has 2 aliphatic rings. The fourth-order valence-electron chi connectivity index (χ4n) is 3.98. The van der Waals surface area contributed by atoms with E-state index < -0.39 is 0 Å². The van der Waals surface area contributed by atoms with E-state index in [-0.39, 0.29) is 23.1 Å². The first-order valence-corrected chi connectivity index (χ1v) is 11.6. The Balaban J connectivity index is 1.17. The Labute approximate surface area is 182 Å². The molecule has 2 aromatic rings. The van der Waals surface area contributed by atoms with Gasteiger partial charge in [-0.2, -0.15) is 0 Å². The van der Waals surface area contributed by atoms with Crippen molar-refractivity contribution in [3.8, 4) is 0 Å². The van der Waals surface area contributed by atoms with Gasteiger partial charge in [-0.3, -0.25) is 24.8 Å². The number of thioether (sulfide) groups is 1. The van der Waals surface area contributed by atoms with E-state index in [1.807, 2.05) is 53.6 Å². The van der Waals surface area contributed by atoms with Crippen LogP contribution in [0.1, 0.15) is 34.1 Å². The molecule has 0 aliphatic carbocycles. The Hall–Kier alpha value is -2.22. The van der Waals surface area contributed by atoms with Crippen molar-refractivity contribution in [3.05, 3.63) is 66.0 Å². The molecule has 0 saturated carbocycles. The van der Waals surface area contributed by atoms with E-state index in [0.717, 1.165) is 56.0 Å². The lowest BCUT2D eigenvalue weighted by Gasteiger charge is -2.36. The first-order chi connectivity index (χ1) is 14.7. The Bertz CT molecular complexity index is 841. The van der Waals surface area contributed by atoms with Gasteiger partial charge >= 0.3 is 0 Å². The van der Waals surface area contributed by atoms with Crippen LogP contribution in [0.3, 0.4) is 0 Å². The number of carbonyl (C=O) groups excluding carboxylic acids is 2. The van der Waals surface area contributed by atoms with Crippen LogP contribution in [0.2, 0.25) is 0 Å². The third-order valence-electron chi connectivity index (χ3n) is 5.73. The van der Waals surface area contributed by atoms with Crippen molar-refractivity contribution in [3.63, 3.8) is 0 Å². The number of carbonyl (C=O) groups is 2. The summed E-state index contributed by atoms with van der Waals surface area (Å²) < 4.78 is 0. The minimum absolute atomic E-state index is 0.129. The molecule has 0 bridgehead atoms. The van der Waals surface area contributed by atoms with Gasteiger partial charge in [0, 0.05) is 56.3 Å². The van der Waals surface area contributed by atoms with E-state index >= 15 is 0 Å². The maximum atomic E-state index is 12.9. The zero-order chi connectivity index (χ0) is 20.8. The average molecular weight is 425 g/mol. The van der Waals surface area contributed by atoms with Crippen molar-refractivity contribution in [1.82, 2.24) is 20.1 Å². The number of Topliss-reactive ketones (excluding diaryl/α,β-unsaturated/α-hetero) is 1. The average Bonchev–Trinajstić information content (AvgIpc) is 3.30. The molecule has 1 aromatic carbocycles. The van der Waals surface area contributed by atoms with Crippen molar-refractivity contribution in [1.29, 1.82) is 0 Å². The number of benzene rings is 1. The number of piperazine rings is 1. The second-order valence-electron chi connectivity index (χ2n) is 7.78. The van der Waals surface area contributed by atoms with Crippen LogP contribution in [0.15, 0.2) is 54.9 Å². The van der Waals surface area contributed by atoms with Crippen molar-refractivity contribution in [2.45, 2.75) is 24.3 Å². The fraction of sp³-hybridized carbons (Fsp3) is 0.435. The van der Waals surface area contributed by atoms with E-state index in [1.54, 1.807) is 18.0 Å². The van der Waals surface area contributed by atoms with E-state index in [9.17, 15) is 9.59 Å². The third kappa shape index (κ3) is 5.28. The third-order valence-corrected chi connectivity index (χ3v) is 6.99. The number of ketones is 1. The zero-order valence-electron chi connectivity index (χ0n) is 17.1. The number of hydrogen-bond acceptors (Lipinski definition) is 6. The number of nitrogens with zero attached hydrogens (tertiary/aromatic N) is 3. The molecule has 6 nitrogen and oxygen atoms in total. The largest absolute Gasteiger partial charge is 0.339 e. The highest BCUT2D eigenvalue weighted by atomic mass is 32.2. The second-order valence-corrected chi connectivity index (χ2v) is 8.92. The molecule has 0 spiro atoms. The molecule has 30 heavy (non-hydrogen) atoms. The molecule has 2 unspecified atom stereocenters. The second kappa shape index (κ2) is 10.2. The van der Waals surface area contributed by atoms with Crippen LogP contribution < -0.4 is 5.32 Å². The van der Waals surface area contributed by atoms with Gasteiger partial charge in [0.1, 0.15) is 0 Å². The number of aromatic nitrogens is 1. The molecule has 7 heteroatoms. The van der Waals surface area contributed by atoms with Crippen molar-refractivity contribution in [2.24, 2.45) is 0 Å². The normalized spacial score (nSPS) is 22.2. The van der Waals surface area contributed by atoms with Gasteiger partial charge < -0.3 is 4.90 Å². The van der Waals surface area contributed by atoms with Crippen LogP contribution in [-0.2, 0) is 4.79 Å². The van der Waals surface area contributed by atoms with Gasteiger partial charge in [-0.25, -0.2) is 0 Å². The Morgan fingerprint density at radius 2 is 1.87 bits per heavy atom. The summed E-state index contributed by atoms with van der Waals surface area (Å²) in [7, 11) is 0. The molecule has 158 valence electrons. The monoisotopic (exact) mass is 424 g/mol. The molecular formula is C23H28N4O2S. The van der Waals surface area contributed by atoms with Gasteiger partial charge in [0.2, 0.25) is 5.91 Å². The van der Waals surface area contributed by atoms with Gasteiger partial charge in [-0.15, -0.1) is 11.8 Å². The molecule has 2 fully saturated rings. The Morgan fingerprint density at radius 1 is 1.07 bits per heavy atom. The smallest absolute Gasteiger partial charge is 0.240 e. The number of hydrogen-bond donors (Lipinski definition) is 1. The molecule has 4 rings (SSSR count). The lowest BCUT2D eigenvalue weighted by atomic mass is 10.1. The number of pyridine rings is 1. The first kappa shape index (κ1) is 21.0. The standard InChI is InChI=1S/C23H28N4O2S/c28-21(18-6-2-1-3-7-18)9-5-11-26-12-14-27(15-13-26)23(29)20-17-30-22(25-20)19-8-4-10-24-16-19/h1-4,6-8,10,16,20,22,25H,5,9,11-15,17H2. The SMILES string of the molecule is O=C(CCCN1CCN(C(=O)C2CSC(c3cccnc3)N2)CC1)c1ccccc1. The van der Waals surface area contributed by atoms with E-state index in [4.69, 9.17) is 0 Å². The molecular weight excluding hydrogens is 396 g/mol. The summed E-state index contributed by atoms with van der Waals surface area (Å²) in [5.74, 6) is 1.20. The summed E-state index contributed by atoms with van der Waals surface area (Å²) in [5, 5.41) is 3.59. The van der Waals surface area contributed by atoms with Crippen LogP contribution in [-0.4, -0.2) is 71.0 Å². The summed E-state index contributed by atoms with van der Waals surface area (Å²) >= 11 is 1.77. The quantitative estimate of drug-likeness (QED) is 0.690. The molecule has 1 amide bonds. The van der Waals surface area contributed by atoms with Gasteiger partial charge in [-0.05, 0) is 24.6 Å². The number of amides is 1. The van der Waals surface area contributed by atoms with Crippen LogP contribution >= 0.6 is 11.8 Å². The maximum absolute atomic E-state index is 12.9. The Morgan fingerprint density at radius 3 is 2.60 bits per heavy atom. The number of nitrogens with one attached hydrogen (secondary N) is 1. The van der Waals surface area contributed by atoms with E-state index in [0.29, 0.717) is 6.42 Å². The highest BCUT2D eigenvalue weighted by Crippen LogP contribution is 2.32. The lowest BCUT2D eigenvalue weighted by Crippen LogP contribution is -2.53. The summed E-state index contributed by atoms with van der Waals surface area (Å²) in [6.07, 6.45) is 5.05. The van der Waals surface area contributed by atoms with Gasteiger partial charge in [-0.1, -0.05) is 36.4 Å². The minimum Gasteiger partial charge on any atom is -0.339 e. The van der Waals surface area contributed by atoms with Gasteiger partial charge in [0.25, 0.3) is 0 Å². The molecule has 2 aliphatic heterocycles. The maximum Gasteiger partial charge on any atom is 0.240 e. The molecule has 1 N–H and O–H groups in total. The van der Waals surface area contributed by atoms with Crippen LogP contribution in [0.5, 0.6) is 0 Å². The predicted octanol–water partition coefficient (Wildman–Crippen LogP) is 2.59. The predicted molar refractivity (Wildman–Crippen MR) is 119 cm³/mol. The fourth-order valence-corrected chi connectivity index (χ4v) is 5.20. The zero-order valence-corrected chi connectivity index (χ0v) is 17.9. The summed E-state index contributed by atoms with van der Waals surface area (Å²) in [5.41, 5.74) is 1.91. The molecule has 2 atom stereocenters. The van der Waals surface area contributed by atoms with Crippen LogP contribution in [0, 0.1) is 0 Å². The highest BCUT2D eigenvalue weighted by molar-refractivity contribution is 7.99. The topological polar surface area (TPSA) is 65.5 Å². The summed E-state index contributed by atoms with van der Waals surface area (Å²) in [6, 6.07) is 13.3. The Kier molecular flexibility index (Phi) is 7.15. The molecule has 0 radical (unpaired) electrons. The van der Waals surface area contributed by atoms with Crippen LogP contribution in [0.25, 0.3) is 0 Å². The summed E-state index contributed by atoms with van der Waals surface area (Å²) in [6.45, 7) is 4.16. The van der Waals surface area contributed by atoms with Crippen LogP contribution in [0.4, 0.5) is 0 Å².